The zero-order valence-electron chi connectivity index (χ0n) is 32.2. The number of aromatic hydroxyl groups is 3. The van der Waals surface area contributed by atoms with Gasteiger partial charge in [-0.1, -0.05) is 18.2 Å². The summed E-state index contributed by atoms with van der Waals surface area (Å²) < 4.78 is 32.0. The summed E-state index contributed by atoms with van der Waals surface area (Å²) in [4.78, 5) is 0. The summed E-state index contributed by atoms with van der Waals surface area (Å²) in [6, 6.07) is 21.3. The molecule has 10 nitrogen and oxygen atoms in total. The van der Waals surface area contributed by atoms with E-state index in [4.69, 9.17) is 23.7 Å². The lowest BCUT2D eigenvalue weighted by Gasteiger charge is -2.46. The second-order valence-corrected chi connectivity index (χ2v) is 16.1. The van der Waals surface area contributed by atoms with E-state index >= 15 is 0 Å². The average molecular weight is 775 g/mol. The third kappa shape index (κ3) is 7.08. The lowest BCUT2D eigenvalue weighted by molar-refractivity contribution is -0.0888. The maximum atomic E-state index is 12.7. The molecule has 5 aromatic rings. The molecule has 1 saturated carbocycles. The molecule has 1 fully saturated rings. The first kappa shape index (κ1) is 37.4. The maximum absolute atomic E-state index is 12.7. The minimum atomic E-state index is -1.03. The molecule has 3 aliphatic heterocycles. The zero-order valence-corrected chi connectivity index (χ0v) is 32.2. The van der Waals surface area contributed by atoms with Crippen molar-refractivity contribution >= 4 is 10.8 Å². The number of phenols is 3. The van der Waals surface area contributed by atoms with E-state index in [0.29, 0.717) is 73.0 Å². The number of benzene rings is 5. The molecule has 0 unspecified atom stereocenters. The van der Waals surface area contributed by atoms with Gasteiger partial charge < -0.3 is 49.2 Å². The largest absolute Gasteiger partial charge is 0.508 e. The quantitative estimate of drug-likeness (QED) is 0.0877. The van der Waals surface area contributed by atoms with Gasteiger partial charge in [-0.25, -0.2) is 0 Å². The maximum Gasteiger partial charge on any atom is 0.133 e. The fraction of sp³-hybridized carbons (Fsp3) is 0.404. The second kappa shape index (κ2) is 15.6. The summed E-state index contributed by atoms with van der Waals surface area (Å²) in [5.41, 5.74) is 5.41. The van der Waals surface area contributed by atoms with Gasteiger partial charge in [0.1, 0.15) is 46.4 Å². The summed E-state index contributed by atoms with van der Waals surface area (Å²) in [5.74, 6) is 1.73. The lowest BCUT2D eigenvalue weighted by Crippen LogP contribution is -2.46. The molecule has 5 aromatic carbocycles. The lowest BCUT2D eigenvalue weighted by atomic mass is 9.71. The molecule has 0 aromatic heterocycles. The van der Waals surface area contributed by atoms with Crippen molar-refractivity contribution in [3.8, 4) is 51.4 Å². The van der Waals surface area contributed by atoms with Crippen molar-refractivity contribution in [2.75, 3.05) is 26.9 Å². The number of hydrogen-bond donors (Lipinski definition) is 5. The Kier molecular flexibility index (Phi) is 10.3. The molecule has 0 radical (unpaired) electrons. The highest BCUT2D eigenvalue weighted by atomic mass is 16.5. The monoisotopic (exact) mass is 774 g/mol. The van der Waals surface area contributed by atoms with Crippen LogP contribution in [-0.4, -0.2) is 64.7 Å². The number of aliphatic hydroxyl groups is 2. The molecule has 0 saturated heterocycles. The zero-order chi connectivity index (χ0) is 39.2. The molecule has 5 N–H and O–H groups in total. The summed E-state index contributed by atoms with van der Waals surface area (Å²) >= 11 is 0. The normalized spacial score (nSPS) is 22.8. The van der Waals surface area contributed by atoms with E-state index in [1.165, 1.54) is 0 Å². The molecule has 298 valence electrons. The van der Waals surface area contributed by atoms with Gasteiger partial charge in [0, 0.05) is 65.0 Å². The van der Waals surface area contributed by atoms with Gasteiger partial charge in [-0.15, -0.1) is 0 Å². The number of methoxy groups -OCH3 is 1. The van der Waals surface area contributed by atoms with Crippen molar-refractivity contribution in [2.24, 2.45) is 11.8 Å². The van der Waals surface area contributed by atoms with Crippen molar-refractivity contribution in [3.05, 3.63) is 101 Å². The Morgan fingerprint density at radius 3 is 2.39 bits per heavy atom. The summed E-state index contributed by atoms with van der Waals surface area (Å²) in [6.07, 6.45) is 4.73. The number of phenolic OH excluding ortho intramolecular Hbond substituents is 3. The first-order valence-electron chi connectivity index (χ1n) is 20.3. The predicted octanol–water partition coefficient (Wildman–Crippen LogP) is 8.44. The molecule has 0 spiro atoms. The first-order chi connectivity index (χ1) is 27.8. The summed E-state index contributed by atoms with van der Waals surface area (Å²) in [7, 11) is 1.66. The molecule has 0 bridgehead atoms. The van der Waals surface area contributed by atoms with Crippen LogP contribution in [-0.2, 0) is 17.6 Å². The predicted molar refractivity (Wildman–Crippen MR) is 215 cm³/mol. The van der Waals surface area contributed by atoms with Gasteiger partial charge in [0.15, 0.2) is 0 Å². The minimum Gasteiger partial charge on any atom is -0.508 e. The Bertz CT molecular complexity index is 2280. The van der Waals surface area contributed by atoms with Gasteiger partial charge >= 0.3 is 0 Å². The highest BCUT2D eigenvalue weighted by Crippen LogP contribution is 2.56. The second-order valence-electron chi connectivity index (χ2n) is 16.1. The average Bonchev–Trinajstić information content (AvgIpc) is 3.72. The van der Waals surface area contributed by atoms with Crippen LogP contribution in [0.15, 0.2) is 72.8 Å². The van der Waals surface area contributed by atoms with Gasteiger partial charge in [0.25, 0.3) is 0 Å². The summed E-state index contributed by atoms with van der Waals surface area (Å²) in [5, 5.41) is 58.2. The Morgan fingerprint density at radius 1 is 0.754 bits per heavy atom. The molecule has 5 atom stereocenters. The fourth-order valence-electron chi connectivity index (χ4n) is 9.76. The van der Waals surface area contributed by atoms with Crippen LogP contribution >= 0.6 is 0 Å². The van der Waals surface area contributed by atoms with Gasteiger partial charge in [-0.3, -0.25) is 0 Å². The highest BCUT2D eigenvalue weighted by Gasteiger charge is 2.49. The molecule has 0 amide bonds. The third-order valence-electron chi connectivity index (χ3n) is 12.4. The van der Waals surface area contributed by atoms with E-state index in [1.54, 1.807) is 49.6 Å². The van der Waals surface area contributed by atoms with E-state index in [-0.39, 0.29) is 30.0 Å². The van der Waals surface area contributed by atoms with Crippen LogP contribution in [0.25, 0.3) is 21.9 Å². The molecular weight excluding hydrogens is 725 g/mol. The van der Waals surface area contributed by atoms with Gasteiger partial charge in [0.2, 0.25) is 0 Å². The van der Waals surface area contributed by atoms with Gasteiger partial charge in [0.05, 0.1) is 31.5 Å². The van der Waals surface area contributed by atoms with Crippen molar-refractivity contribution in [2.45, 2.75) is 82.2 Å². The van der Waals surface area contributed by atoms with E-state index in [9.17, 15) is 25.5 Å². The van der Waals surface area contributed by atoms with Gasteiger partial charge in [-0.05, 0) is 123 Å². The van der Waals surface area contributed by atoms with Crippen molar-refractivity contribution in [3.63, 3.8) is 0 Å². The number of ether oxygens (including phenoxy) is 5. The molecule has 4 aliphatic rings. The van der Waals surface area contributed by atoms with Crippen LogP contribution in [0.2, 0.25) is 0 Å². The molecule has 1 aliphatic carbocycles. The molecule has 57 heavy (non-hydrogen) atoms. The molecule has 9 rings (SSSR count). The summed E-state index contributed by atoms with van der Waals surface area (Å²) in [6.45, 7) is 1.18. The molecule has 3 heterocycles. The minimum absolute atomic E-state index is 0.0670. The standard InChI is InChI=1S/C47H50O10/c1-53-17-6-12-40-41(44(52)42-36-11-5-18-54-46(36)37-23-31(50)14-16-35(37)47(42)57-40)39-25-55-45-28(22-33(24-38(45)43(39)51)56-32-9-2-3-10-32)19-27-21-30(49)13-15-34(27)26-7-4-8-29(48)20-26/h4,7-8,13-16,20-24,32,39-41,43-44,48-52H,2-3,5-6,9-12,17-19,25H2,1H3/t39-,40-,41-,43-,44-/m1/s1. The van der Waals surface area contributed by atoms with Crippen LogP contribution < -0.4 is 18.9 Å². The van der Waals surface area contributed by atoms with Crippen molar-refractivity contribution in [1.29, 1.82) is 0 Å². The Morgan fingerprint density at radius 2 is 1.56 bits per heavy atom. The Hall–Kier alpha value is -5.16. The number of rotatable bonds is 10. The first-order valence-corrected chi connectivity index (χ1v) is 20.3. The van der Waals surface area contributed by atoms with E-state index in [2.05, 4.69) is 0 Å². The Labute approximate surface area is 332 Å². The smallest absolute Gasteiger partial charge is 0.133 e. The van der Waals surface area contributed by atoms with Crippen molar-refractivity contribution < 1.29 is 49.2 Å². The van der Waals surface area contributed by atoms with Crippen LogP contribution in [0.3, 0.4) is 0 Å². The fourth-order valence-corrected chi connectivity index (χ4v) is 9.76. The number of aliphatic hydroxyl groups excluding tert-OH is 2. The Balaban J connectivity index is 1.13. The van der Waals surface area contributed by atoms with Gasteiger partial charge in [-0.2, -0.15) is 0 Å². The van der Waals surface area contributed by atoms with E-state index in [1.807, 2.05) is 30.3 Å². The molecular formula is C47H50O10. The third-order valence-corrected chi connectivity index (χ3v) is 12.4. The topological polar surface area (TPSA) is 147 Å². The van der Waals surface area contributed by atoms with E-state index < -0.39 is 30.1 Å². The SMILES string of the molecule is COCCC[C@H]1Oc2c(c3c(c4cc(O)ccc24)OCCC3)[C@H](O)[C@@H]1[C@H]1COc2c(Cc3cc(O)ccc3-c3cccc(O)c3)cc(OC3CCCC3)cc2[C@H]1O. The van der Waals surface area contributed by atoms with Crippen LogP contribution in [0, 0.1) is 11.8 Å². The van der Waals surface area contributed by atoms with Crippen LogP contribution in [0.5, 0.6) is 40.2 Å². The number of fused-ring (bicyclic) bond motifs is 7. The molecule has 10 heteroatoms. The number of hydrogen-bond acceptors (Lipinski definition) is 10. The van der Waals surface area contributed by atoms with Crippen LogP contribution in [0.1, 0.15) is 85.0 Å². The van der Waals surface area contributed by atoms with Crippen molar-refractivity contribution in [1.82, 2.24) is 0 Å². The highest BCUT2D eigenvalue weighted by molar-refractivity contribution is 5.97. The van der Waals surface area contributed by atoms with Crippen LogP contribution in [0.4, 0.5) is 0 Å². The van der Waals surface area contributed by atoms with E-state index in [0.717, 1.165) is 70.7 Å².